The van der Waals surface area contributed by atoms with Crippen LogP contribution in [-0.4, -0.2) is 18.3 Å². The Hall–Kier alpha value is -0.240. The molecular weight excluding hydrogens is 222 g/mol. The summed E-state index contributed by atoms with van der Waals surface area (Å²) in [5, 5.41) is 3.08. The number of carbonyl (C=O) groups is 1. The van der Waals surface area contributed by atoms with Crippen LogP contribution < -0.4 is 5.32 Å². The minimum Gasteiger partial charge on any atom is -0.356 e. The van der Waals surface area contributed by atoms with E-state index in [2.05, 4.69) is 5.32 Å². The van der Waals surface area contributed by atoms with E-state index in [9.17, 15) is 4.79 Å². The topological polar surface area (TPSA) is 29.1 Å². The average Bonchev–Trinajstić information content (AvgIpc) is 2.77. The zero-order chi connectivity index (χ0) is 11.4. The van der Waals surface area contributed by atoms with Crippen molar-refractivity contribution in [2.24, 2.45) is 17.8 Å². The van der Waals surface area contributed by atoms with E-state index in [0.29, 0.717) is 11.8 Å². The molecule has 1 N–H and O–H groups in total. The number of unbranched alkanes of at least 4 members (excludes halogenated alkanes) is 3. The van der Waals surface area contributed by atoms with Gasteiger partial charge in [-0.05, 0) is 37.5 Å². The number of carbonyl (C=O) groups excluding carboxylic acids is 1. The molecule has 2 aliphatic rings. The maximum atomic E-state index is 11.8. The van der Waals surface area contributed by atoms with Crippen molar-refractivity contribution in [3.8, 4) is 0 Å². The third-order valence-corrected chi connectivity index (χ3v) is 4.34. The van der Waals surface area contributed by atoms with Crippen molar-refractivity contribution in [1.82, 2.24) is 5.32 Å². The Morgan fingerprint density at radius 1 is 1.12 bits per heavy atom. The SMILES string of the molecule is O=C(NCCCCCCCl)C1C2CCCC21. The van der Waals surface area contributed by atoms with Crippen molar-refractivity contribution < 1.29 is 4.79 Å². The third kappa shape index (κ3) is 2.91. The number of alkyl halides is 1. The molecule has 0 radical (unpaired) electrons. The molecule has 0 aromatic carbocycles. The van der Waals surface area contributed by atoms with Gasteiger partial charge in [-0.15, -0.1) is 11.6 Å². The van der Waals surface area contributed by atoms with Gasteiger partial charge in [-0.2, -0.15) is 0 Å². The molecule has 0 heterocycles. The van der Waals surface area contributed by atoms with Crippen LogP contribution in [0.15, 0.2) is 0 Å². The van der Waals surface area contributed by atoms with Crippen molar-refractivity contribution in [2.45, 2.75) is 44.9 Å². The van der Waals surface area contributed by atoms with Crippen molar-refractivity contribution in [1.29, 1.82) is 0 Å². The van der Waals surface area contributed by atoms with E-state index in [4.69, 9.17) is 11.6 Å². The van der Waals surface area contributed by atoms with Crippen LogP contribution in [0.1, 0.15) is 44.9 Å². The molecule has 2 fully saturated rings. The summed E-state index contributed by atoms with van der Waals surface area (Å²) >= 11 is 5.60. The molecular formula is C13H22ClNO. The summed E-state index contributed by atoms with van der Waals surface area (Å²) in [5.41, 5.74) is 0. The fourth-order valence-corrected chi connectivity index (χ4v) is 3.30. The van der Waals surface area contributed by atoms with Crippen LogP contribution in [0.25, 0.3) is 0 Å². The van der Waals surface area contributed by atoms with Crippen molar-refractivity contribution in [2.75, 3.05) is 12.4 Å². The number of rotatable bonds is 7. The lowest BCUT2D eigenvalue weighted by Gasteiger charge is -2.06. The molecule has 0 bridgehead atoms. The maximum Gasteiger partial charge on any atom is 0.223 e. The van der Waals surface area contributed by atoms with Crippen molar-refractivity contribution >= 4 is 17.5 Å². The van der Waals surface area contributed by atoms with Crippen LogP contribution in [0.2, 0.25) is 0 Å². The summed E-state index contributed by atoms with van der Waals surface area (Å²) in [5.74, 6) is 2.97. The first kappa shape index (κ1) is 12.2. The Morgan fingerprint density at radius 2 is 1.81 bits per heavy atom. The minimum atomic E-state index is 0.326. The Labute approximate surface area is 103 Å². The zero-order valence-corrected chi connectivity index (χ0v) is 10.6. The summed E-state index contributed by atoms with van der Waals surface area (Å²) in [6.07, 6.45) is 8.50. The molecule has 2 nitrogen and oxygen atoms in total. The second kappa shape index (κ2) is 5.90. The molecule has 2 unspecified atom stereocenters. The van der Waals surface area contributed by atoms with Gasteiger partial charge in [0.1, 0.15) is 0 Å². The molecule has 0 aliphatic heterocycles. The van der Waals surface area contributed by atoms with Crippen LogP contribution in [-0.2, 0) is 4.79 Å². The number of hydrogen-bond acceptors (Lipinski definition) is 1. The number of amides is 1. The van der Waals surface area contributed by atoms with Gasteiger partial charge in [0.25, 0.3) is 0 Å². The van der Waals surface area contributed by atoms with E-state index in [1.54, 1.807) is 0 Å². The van der Waals surface area contributed by atoms with E-state index >= 15 is 0 Å². The van der Waals surface area contributed by atoms with Gasteiger partial charge in [0.05, 0.1) is 0 Å². The first-order chi connectivity index (χ1) is 7.84. The molecule has 0 spiro atoms. The second-order valence-electron chi connectivity index (χ2n) is 5.18. The van der Waals surface area contributed by atoms with Crippen LogP contribution in [0.3, 0.4) is 0 Å². The molecule has 0 aromatic rings. The lowest BCUT2D eigenvalue weighted by atomic mass is 10.1. The summed E-state index contributed by atoms with van der Waals surface area (Å²) in [6, 6.07) is 0. The highest BCUT2D eigenvalue weighted by atomic mass is 35.5. The summed E-state index contributed by atoms with van der Waals surface area (Å²) < 4.78 is 0. The zero-order valence-electron chi connectivity index (χ0n) is 9.88. The lowest BCUT2D eigenvalue weighted by molar-refractivity contribution is -0.123. The first-order valence-corrected chi connectivity index (χ1v) is 7.21. The van der Waals surface area contributed by atoms with Crippen molar-refractivity contribution in [3.63, 3.8) is 0 Å². The number of nitrogens with one attached hydrogen (secondary N) is 1. The predicted octanol–water partition coefficient (Wildman–Crippen LogP) is 2.95. The monoisotopic (exact) mass is 243 g/mol. The normalized spacial score (nSPS) is 31.2. The molecule has 1 amide bonds. The Kier molecular flexibility index (Phi) is 4.51. The van der Waals surface area contributed by atoms with Crippen LogP contribution >= 0.6 is 11.6 Å². The van der Waals surface area contributed by atoms with Crippen molar-refractivity contribution in [3.05, 3.63) is 0 Å². The summed E-state index contributed by atoms with van der Waals surface area (Å²) in [7, 11) is 0. The Balaban J connectivity index is 1.49. The summed E-state index contributed by atoms with van der Waals surface area (Å²) in [4.78, 5) is 11.8. The quantitative estimate of drug-likeness (QED) is 0.541. The minimum absolute atomic E-state index is 0.326. The largest absolute Gasteiger partial charge is 0.356 e. The average molecular weight is 244 g/mol. The first-order valence-electron chi connectivity index (χ1n) is 6.68. The number of fused-ring (bicyclic) bond motifs is 1. The van der Waals surface area contributed by atoms with E-state index in [-0.39, 0.29) is 0 Å². The van der Waals surface area contributed by atoms with Gasteiger partial charge in [0.15, 0.2) is 0 Å². The number of hydrogen-bond donors (Lipinski definition) is 1. The molecule has 3 heteroatoms. The second-order valence-corrected chi connectivity index (χ2v) is 5.56. The fraction of sp³-hybridized carbons (Fsp3) is 0.923. The molecule has 2 atom stereocenters. The van der Waals surface area contributed by atoms with Crippen LogP contribution in [0.4, 0.5) is 0 Å². The lowest BCUT2D eigenvalue weighted by Crippen LogP contribution is -2.27. The van der Waals surface area contributed by atoms with Gasteiger partial charge in [0.2, 0.25) is 5.91 Å². The highest BCUT2D eigenvalue weighted by Gasteiger charge is 2.56. The van der Waals surface area contributed by atoms with Gasteiger partial charge in [0, 0.05) is 18.3 Å². The molecule has 2 aliphatic carbocycles. The Morgan fingerprint density at radius 3 is 2.50 bits per heavy atom. The van der Waals surface area contributed by atoms with Gasteiger partial charge in [-0.1, -0.05) is 19.3 Å². The van der Waals surface area contributed by atoms with E-state index in [1.807, 2.05) is 0 Å². The van der Waals surface area contributed by atoms with Gasteiger partial charge < -0.3 is 5.32 Å². The van der Waals surface area contributed by atoms with Gasteiger partial charge in [-0.25, -0.2) is 0 Å². The molecule has 92 valence electrons. The predicted molar refractivity (Wildman–Crippen MR) is 66.5 cm³/mol. The molecule has 2 saturated carbocycles. The van der Waals surface area contributed by atoms with Gasteiger partial charge in [-0.3, -0.25) is 4.79 Å². The van der Waals surface area contributed by atoms with E-state index in [1.165, 1.54) is 32.1 Å². The molecule has 0 saturated heterocycles. The highest BCUT2D eigenvalue weighted by molar-refractivity contribution is 6.17. The number of halogens is 1. The van der Waals surface area contributed by atoms with Gasteiger partial charge >= 0.3 is 0 Å². The van der Waals surface area contributed by atoms with Crippen LogP contribution in [0.5, 0.6) is 0 Å². The smallest absolute Gasteiger partial charge is 0.223 e. The standard InChI is InChI=1S/C13H22ClNO/c14-8-3-1-2-4-9-15-13(16)12-10-6-5-7-11(10)12/h10-12H,1-9H2,(H,15,16). The fourth-order valence-electron chi connectivity index (χ4n) is 3.11. The maximum absolute atomic E-state index is 11.8. The van der Waals surface area contributed by atoms with E-state index in [0.717, 1.165) is 37.1 Å². The Bertz CT molecular complexity index is 234. The highest BCUT2D eigenvalue weighted by Crippen LogP contribution is 2.57. The van der Waals surface area contributed by atoms with Crippen LogP contribution in [0, 0.1) is 17.8 Å². The van der Waals surface area contributed by atoms with E-state index < -0.39 is 0 Å². The molecule has 0 aromatic heterocycles. The summed E-state index contributed by atoms with van der Waals surface area (Å²) in [6.45, 7) is 0.858. The molecule has 16 heavy (non-hydrogen) atoms. The third-order valence-electron chi connectivity index (χ3n) is 4.07. The molecule has 2 rings (SSSR count).